The first-order chi connectivity index (χ1) is 12.3. The number of nitrogens with zero attached hydrogens (tertiary/aromatic N) is 3. The van der Waals surface area contributed by atoms with Crippen molar-refractivity contribution in [2.45, 2.75) is 6.42 Å². The molecule has 4 nitrogen and oxygen atoms in total. The molecule has 0 radical (unpaired) electrons. The quantitative estimate of drug-likeness (QED) is 0.594. The molecule has 2 aromatic heterocycles. The smallest absolute Gasteiger partial charge is 0.134 e. The molecule has 0 amide bonds. The Morgan fingerprint density at radius 3 is 1.72 bits per heavy atom. The van der Waals surface area contributed by atoms with E-state index in [1.165, 1.54) is 0 Å². The van der Waals surface area contributed by atoms with Gasteiger partial charge in [-0.1, -0.05) is 36.4 Å². The third-order valence-electron chi connectivity index (χ3n) is 4.31. The Labute approximate surface area is 146 Å². The standard InChI is InChI=1S/C21H20N4/c22-14-5-15-25(20-12-10-16-6-1-3-8-18(16)23-20)21-13-11-17-7-2-4-9-19(17)24-21/h1-4,6-13H,5,14-15,22H2. The molecule has 0 bridgehead atoms. The topological polar surface area (TPSA) is 55.0 Å². The van der Waals surface area contributed by atoms with E-state index in [1.54, 1.807) is 0 Å². The van der Waals surface area contributed by atoms with Crippen molar-refractivity contribution in [3.05, 3.63) is 72.8 Å². The molecule has 0 saturated carbocycles. The van der Waals surface area contributed by atoms with Crippen molar-refractivity contribution in [1.82, 2.24) is 9.97 Å². The predicted molar refractivity (Wildman–Crippen MR) is 104 cm³/mol. The number of para-hydroxylation sites is 2. The molecule has 0 atom stereocenters. The molecule has 0 saturated heterocycles. The van der Waals surface area contributed by atoms with Crippen LogP contribution < -0.4 is 10.6 Å². The summed E-state index contributed by atoms with van der Waals surface area (Å²) in [5.74, 6) is 1.80. The molecule has 2 N–H and O–H groups in total. The van der Waals surface area contributed by atoms with E-state index >= 15 is 0 Å². The Morgan fingerprint density at radius 1 is 0.680 bits per heavy atom. The molecule has 0 unspecified atom stereocenters. The lowest BCUT2D eigenvalue weighted by molar-refractivity contribution is 0.805. The number of rotatable bonds is 5. The number of nitrogens with two attached hydrogens (primary N) is 1. The molecular formula is C21H20N4. The van der Waals surface area contributed by atoms with Crippen LogP contribution in [0, 0.1) is 0 Å². The van der Waals surface area contributed by atoms with Crippen LogP contribution in [0.15, 0.2) is 72.8 Å². The van der Waals surface area contributed by atoms with Crippen LogP contribution in [0.25, 0.3) is 21.8 Å². The molecule has 0 aliphatic heterocycles. The zero-order valence-electron chi connectivity index (χ0n) is 14.0. The lowest BCUT2D eigenvalue weighted by Gasteiger charge is -2.23. The average molecular weight is 328 g/mol. The summed E-state index contributed by atoms with van der Waals surface area (Å²) in [5.41, 5.74) is 7.72. The normalized spacial score (nSPS) is 11.1. The molecule has 4 rings (SSSR count). The van der Waals surface area contributed by atoms with Gasteiger partial charge in [-0.15, -0.1) is 0 Å². The van der Waals surface area contributed by atoms with Crippen LogP contribution in [0.1, 0.15) is 6.42 Å². The van der Waals surface area contributed by atoms with Gasteiger partial charge in [0, 0.05) is 17.3 Å². The van der Waals surface area contributed by atoms with Crippen molar-refractivity contribution >= 4 is 33.4 Å². The fourth-order valence-corrected chi connectivity index (χ4v) is 3.01. The van der Waals surface area contributed by atoms with Crippen LogP contribution in [0.5, 0.6) is 0 Å². The number of fused-ring (bicyclic) bond motifs is 2. The van der Waals surface area contributed by atoms with E-state index < -0.39 is 0 Å². The molecule has 0 fully saturated rings. The maximum Gasteiger partial charge on any atom is 0.134 e. The zero-order chi connectivity index (χ0) is 17.1. The SMILES string of the molecule is NCCCN(c1ccc2ccccc2n1)c1ccc2ccccc2n1. The molecule has 4 heteroatoms. The van der Waals surface area contributed by atoms with E-state index in [9.17, 15) is 0 Å². The van der Waals surface area contributed by atoms with Crippen molar-refractivity contribution in [2.24, 2.45) is 5.73 Å². The summed E-state index contributed by atoms with van der Waals surface area (Å²) in [4.78, 5) is 11.8. The predicted octanol–water partition coefficient (Wildman–Crippen LogP) is 4.27. The third-order valence-corrected chi connectivity index (χ3v) is 4.31. The summed E-state index contributed by atoms with van der Waals surface area (Å²) in [6, 6.07) is 24.6. The van der Waals surface area contributed by atoms with Gasteiger partial charge in [0.25, 0.3) is 0 Å². The largest absolute Gasteiger partial charge is 0.330 e. The van der Waals surface area contributed by atoms with Crippen LogP contribution >= 0.6 is 0 Å². The molecular weight excluding hydrogens is 308 g/mol. The summed E-state index contributed by atoms with van der Waals surface area (Å²) >= 11 is 0. The van der Waals surface area contributed by atoms with Crippen molar-refractivity contribution in [1.29, 1.82) is 0 Å². The monoisotopic (exact) mass is 328 g/mol. The van der Waals surface area contributed by atoms with Crippen LogP contribution in [0.3, 0.4) is 0 Å². The van der Waals surface area contributed by atoms with Crippen molar-refractivity contribution in [3.63, 3.8) is 0 Å². The number of benzene rings is 2. The van der Waals surface area contributed by atoms with Crippen LogP contribution in [-0.2, 0) is 0 Å². The van der Waals surface area contributed by atoms with Gasteiger partial charge in [-0.05, 0) is 49.4 Å². The number of anilines is 2. The maximum atomic E-state index is 5.75. The summed E-state index contributed by atoms with van der Waals surface area (Å²) in [7, 11) is 0. The fourth-order valence-electron chi connectivity index (χ4n) is 3.01. The average Bonchev–Trinajstić information content (AvgIpc) is 2.68. The highest BCUT2D eigenvalue weighted by Gasteiger charge is 2.13. The van der Waals surface area contributed by atoms with Gasteiger partial charge in [-0.25, -0.2) is 9.97 Å². The summed E-state index contributed by atoms with van der Waals surface area (Å²) < 4.78 is 0. The van der Waals surface area contributed by atoms with Crippen molar-refractivity contribution in [3.8, 4) is 0 Å². The van der Waals surface area contributed by atoms with Gasteiger partial charge in [0.05, 0.1) is 11.0 Å². The molecule has 124 valence electrons. The number of aromatic nitrogens is 2. The highest BCUT2D eigenvalue weighted by molar-refractivity contribution is 5.83. The number of hydrogen-bond acceptors (Lipinski definition) is 4. The lowest BCUT2D eigenvalue weighted by atomic mass is 10.2. The Hall–Kier alpha value is -2.98. The Balaban J connectivity index is 1.79. The molecule has 0 aliphatic rings. The van der Waals surface area contributed by atoms with Gasteiger partial charge < -0.3 is 10.6 Å². The van der Waals surface area contributed by atoms with Gasteiger partial charge in [0.15, 0.2) is 0 Å². The highest BCUT2D eigenvalue weighted by Crippen LogP contribution is 2.26. The first kappa shape index (κ1) is 15.5. The van der Waals surface area contributed by atoms with Gasteiger partial charge in [0.1, 0.15) is 11.6 Å². The van der Waals surface area contributed by atoms with E-state index in [0.29, 0.717) is 6.54 Å². The van der Waals surface area contributed by atoms with E-state index in [4.69, 9.17) is 15.7 Å². The summed E-state index contributed by atoms with van der Waals surface area (Å²) in [6.07, 6.45) is 0.878. The molecule has 2 aromatic carbocycles. The fraction of sp³-hybridized carbons (Fsp3) is 0.143. The minimum absolute atomic E-state index is 0.637. The van der Waals surface area contributed by atoms with Crippen LogP contribution in [0.4, 0.5) is 11.6 Å². The summed E-state index contributed by atoms with van der Waals surface area (Å²) in [5, 5.41) is 2.27. The van der Waals surface area contributed by atoms with E-state index in [2.05, 4.69) is 41.3 Å². The number of hydrogen-bond donors (Lipinski definition) is 1. The molecule has 0 spiro atoms. The maximum absolute atomic E-state index is 5.75. The van der Waals surface area contributed by atoms with Crippen molar-refractivity contribution < 1.29 is 0 Å². The van der Waals surface area contributed by atoms with E-state index in [-0.39, 0.29) is 0 Å². The van der Waals surface area contributed by atoms with Gasteiger partial charge in [0.2, 0.25) is 0 Å². The highest BCUT2D eigenvalue weighted by atomic mass is 15.2. The molecule has 2 heterocycles. The second kappa shape index (κ2) is 6.87. The molecule has 0 aliphatic carbocycles. The first-order valence-electron chi connectivity index (χ1n) is 8.54. The number of pyridine rings is 2. The van der Waals surface area contributed by atoms with Crippen LogP contribution in [0.2, 0.25) is 0 Å². The Kier molecular flexibility index (Phi) is 4.27. The van der Waals surface area contributed by atoms with Gasteiger partial charge >= 0.3 is 0 Å². The first-order valence-corrected chi connectivity index (χ1v) is 8.54. The van der Waals surface area contributed by atoms with Gasteiger partial charge in [-0.2, -0.15) is 0 Å². The molecule has 25 heavy (non-hydrogen) atoms. The van der Waals surface area contributed by atoms with Crippen LogP contribution in [-0.4, -0.2) is 23.1 Å². The summed E-state index contributed by atoms with van der Waals surface area (Å²) in [6.45, 7) is 1.42. The minimum Gasteiger partial charge on any atom is -0.330 e. The molecule has 4 aromatic rings. The second-order valence-electron chi connectivity index (χ2n) is 6.02. The third kappa shape index (κ3) is 3.16. The van der Waals surface area contributed by atoms with Crippen molar-refractivity contribution in [2.75, 3.05) is 18.0 Å². The Morgan fingerprint density at radius 2 is 1.20 bits per heavy atom. The second-order valence-corrected chi connectivity index (χ2v) is 6.02. The minimum atomic E-state index is 0.637. The zero-order valence-corrected chi connectivity index (χ0v) is 14.0. The Bertz CT molecular complexity index is 933. The van der Waals surface area contributed by atoms with E-state index in [1.807, 2.05) is 36.4 Å². The van der Waals surface area contributed by atoms with E-state index in [0.717, 1.165) is 46.4 Å². The van der Waals surface area contributed by atoms with Gasteiger partial charge in [-0.3, -0.25) is 0 Å². The lowest BCUT2D eigenvalue weighted by Crippen LogP contribution is -2.22.